The molecule has 1 amide bonds. The zero-order chi connectivity index (χ0) is 43.0. The maximum absolute atomic E-state index is 12.4. The lowest BCUT2D eigenvalue weighted by Gasteiger charge is -2.20. The highest BCUT2D eigenvalue weighted by atomic mass is 16.5. The van der Waals surface area contributed by atoms with Crippen molar-refractivity contribution in [3.8, 4) is 0 Å². The van der Waals surface area contributed by atoms with Crippen molar-refractivity contribution in [2.24, 2.45) is 0 Å². The average Bonchev–Trinajstić information content (AvgIpc) is 3.24. The van der Waals surface area contributed by atoms with Gasteiger partial charge in [-0.15, -0.1) is 0 Å². The van der Waals surface area contributed by atoms with Crippen LogP contribution in [-0.4, -0.2) is 47.4 Å². The maximum atomic E-state index is 12.4. The van der Waals surface area contributed by atoms with Gasteiger partial charge in [0.2, 0.25) is 5.91 Å². The lowest BCUT2D eigenvalue weighted by molar-refractivity contribution is -0.143. The van der Waals surface area contributed by atoms with Gasteiger partial charge >= 0.3 is 5.97 Å². The summed E-state index contributed by atoms with van der Waals surface area (Å²) < 4.78 is 5.43. The van der Waals surface area contributed by atoms with E-state index in [0.29, 0.717) is 19.4 Å². The van der Waals surface area contributed by atoms with Crippen molar-refractivity contribution in [1.29, 1.82) is 0 Å². The topological polar surface area (TPSA) is 95.9 Å². The van der Waals surface area contributed by atoms with Gasteiger partial charge in [0.25, 0.3) is 0 Å². The second-order valence-corrected chi connectivity index (χ2v) is 17.9. The van der Waals surface area contributed by atoms with Crippen LogP contribution in [0.3, 0.4) is 0 Å². The van der Waals surface area contributed by atoms with Crippen LogP contribution in [0.1, 0.15) is 277 Å². The van der Waals surface area contributed by atoms with E-state index >= 15 is 0 Å². The minimum absolute atomic E-state index is 0.0371. The number of esters is 1. The Morgan fingerprint density at radius 2 is 0.797 bits per heavy atom. The number of unbranched alkanes of at least 4 members (excludes halogenated alkanes) is 35. The smallest absolute Gasteiger partial charge is 0.305 e. The number of allylic oxidation sites excluding steroid dienone is 3. The van der Waals surface area contributed by atoms with E-state index in [2.05, 4.69) is 31.3 Å². The van der Waals surface area contributed by atoms with E-state index in [1.165, 1.54) is 193 Å². The van der Waals surface area contributed by atoms with Crippen molar-refractivity contribution >= 4 is 11.9 Å². The maximum Gasteiger partial charge on any atom is 0.305 e. The quantitative estimate of drug-likeness (QED) is 0.0322. The minimum atomic E-state index is -0.862. The van der Waals surface area contributed by atoms with Gasteiger partial charge in [0, 0.05) is 12.8 Å². The molecule has 0 aliphatic rings. The summed E-state index contributed by atoms with van der Waals surface area (Å²) in [5, 5.41) is 23.1. The van der Waals surface area contributed by atoms with Gasteiger partial charge in [0.15, 0.2) is 0 Å². The zero-order valence-corrected chi connectivity index (χ0v) is 39.5. The van der Waals surface area contributed by atoms with E-state index < -0.39 is 12.1 Å². The summed E-state index contributed by atoms with van der Waals surface area (Å²) >= 11 is 0. The molecule has 0 saturated carbocycles. The Balaban J connectivity index is 3.54. The Morgan fingerprint density at radius 1 is 0.458 bits per heavy atom. The normalized spacial score (nSPS) is 12.8. The number of carbonyl (C=O) groups is 2. The number of amides is 1. The lowest BCUT2D eigenvalue weighted by atomic mass is 10.0. The van der Waals surface area contributed by atoms with Crippen molar-refractivity contribution in [2.75, 3.05) is 13.2 Å². The van der Waals surface area contributed by atoms with E-state index in [0.717, 1.165) is 57.8 Å². The van der Waals surface area contributed by atoms with E-state index in [4.69, 9.17) is 4.74 Å². The summed E-state index contributed by atoms with van der Waals surface area (Å²) in [4.78, 5) is 24.4. The fourth-order valence-electron chi connectivity index (χ4n) is 7.92. The number of carbonyl (C=O) groups excluding carboxylic acids is 2. The first-order chi connectivity index (χ1) is 29.0. The highest BCUT2D eigenvalue weighted by Gasteiger charge is 2.18. The summed E-state index contributed by atoms with van der Waals surface area (Å²) in [6.45, 7) is 4.82. The first-order valence-electron chi connectivity index (χ1n) is 26.1. The molecule has 0 aromatic heterocycles. The third kappa shape index (κ3) is 45.7. The Bertz CT molecular complexity index is 920. The number of hydrogen-bond acceptors (Lipinski definition) is 5. The summed E-state index contributed by atoms with van der Waals surface area (Å²) in [5.74, 6) is -0.132. The molecular formula is C53H101NO5. The minimum Gasteiger partial charge on any atom is -0.466 e. The molecule has 0 bridgehead atoms. The van der Waals surface area contributed by atoms with Crippen LogP contribution in [-0.2, 0) is 14.3 Å². The van der Waals surface area contributed by atoms with Crippen molar-refractivity contribution in [2.45, 2.75) is 289 Å². The molecule has 0 aliphatic heterocycles. The van der Waals surface area contributed by atoms with Crippen molar-refractivity contribution in [3.63, 3.8) is 0 Å². The molecule has 0 heterocycles. The van der Waals surface area contributed by atoms with Gasteiger partial charge in [0.05, 0.1) is 25.4 Å². The Kier molecular flexibility index (Phi) is 47.6. The molecule has 6 nitrogen and oxygen atoms in total. The van der Waals surface area contributed by atoms with Crippen LogP contribution in [0.25, 0.3) is 0 Å². The summed E-state index contributed by atoms with van der Waals surface area (Å²) in [6, 6.07) is -0.648. The molecule has 0 saturated heterocycles. The molecule has 6 heteroatoms. The standard InChI is InChI=1S/C53H101NO5/c1-3-5-7-9-11-13-15-17-18-19-20-21-22-23-24-25-26-29-33-37-41-45-51(56)50(49-55)54-52(57)46-42-38-34-30-28-32-36-40-44-48-59-53(58)47-43-39-35-31-27-16-14-12-10-8-6-4-2/h12,14,41,45,50-51,55-56H,3-11,13,15-40,42-44,46-49H2,1-2H3,(H,54,57)/b14-12-,45-41+. The molecule has 0 aromatic rings. The zero-order valence-electron chi connectivity index (χ0n) is 39.5. The first-order valence-corrected chi connectivity index (χ1v) is 26.1. The van der Waals surface area contributed by atoms with Crippen LogP contribution in [0.15, 0.2) is 24.3 Å². The van der Waals surface area contributed by atoms with E-state index in [-0.39, 0.29) is 18.5 Å². The van der Waals surface area contributed by atoms with Crippen molar-refractivity contribution < 1.29 is 24.5 Å². The monoisotopic (exact) mass is 832 g/mol. The Morgan fingerprint density at radius 3 is 1.24 bits per heavy atom. The second kappa shape index (κ2) is 49.0. The van der Waals surface area contributed by atoms with Crippen LogP contribution in [0.4, 0.5) is 0 Å². The van der Waals surface area contributed by atoms with Crippen LogP contribution < -0.4 is 5.32 Å². The molecule has 2 atom stereocenters. The summed E-state index contributed by atoms with van der Waals surface area (Å²) in [7, 11) is 0. The van der Waals surface area contributed by atoms with Gasteiger partial charge in [-0.05, 0) is 57.8 Å². The van der Waals surface area contributed by atoms with Gasteiger partial charge < -0.3 is 20.3 Å². The highest BCUT2D eigenvalue weighted by molar-refractivity contribution is 5.76. The van der Waals surface area contributed by atoms with E-state index in [1.807, 2.05) is 6.08 Å². The third-order valence-corrected chi connectivity index (χ3v) is 12.0. The Labute approximate surface area is 367 Å². The van der Waals surface area contributed by atoms with Gasteiger partial charge in [-0.1, -0.05) is 231 Å². The number of rotatable bonds is 48. The molecule has 0 fully saturated rings. The van der Waals surface area contributed by atoms with Gasteiger partial charge in [-0.25, -0.2) is 0 Å². The van der Waals surface area contributed by atoms with Crippen LogP contribution in [0.2, 0.25) is 0 Å². The largest absolute Gasteiger partial charge is 0.466 e. The van der Waals surface area contributed by atoms with Crippen LogP contribution in [0, 0.1) is 0 Å². The molecule has 0 radical (unpaired) electrons. The SMILES string of the molecule is CCCCC/C=C\CCCCCCCC(=O)OCCCCCCCCCCCC(=O)NC(CO)C(O)/C=C/CCCCCCCCCCCCCCCCCCCCC. The molecule has 0 aromatic carbocycles. The fraction of sp³-hybridized carbons (Fsp3) is 0.887. The Hall–Kier alpha value is -1.66. The van der Waals surface area contributed by atoms with Crippen molar-refractivity contribution in [1.82, 2.24) is 5.32 Å². The fourth-order valence-corrected chi connectivity index (χ4v) is 7.92. The molecular weight excluding hydrogens is 731 g/mol. The number of nitrogens with one attached hydrogen (secondary N) is 1. The van der Waals surface area contributed by atoms with E-state index in [9.17, 15) is 19.8 Å². The second-order valence-electron chi connectivity index (χ2n) is 17.9. The summed E-state index contributed by atoms with van der Waals surface area (Å²) in [5.41, 5.74) is 0. The average molecular weight is 832 g/mol. The molecule has 0 rings (SSSR count). The van der Waals surface area contributed by atoms with Crippen LogP contribution in [0.5, 0.6) is 0 Å². The van der Waals surface area contributed by atoms with Gasteiger partial charge in [-0.2, -0.15) is 0 Å². The number of aliphatic hydroxyl groups is 2. The lowest BCUT2D eigenvalue weighted by Crippen LogP contribution is -2.45. The predicted octanol–water partition coefficient (Wildman–Crippen LogP) is 15.5. The molecule has 348 valence electrons. The van der Waals surface area contributed by atoms with Crippen molar-refractivity contribution in [3.05, 3.63) is 24.3 Å². The van der Waals surface area contributed by atoms with E-state index in [1.54, 1.807) is 6.08 Å². The molecule has 0 aliphatic carbocycles. The predicted molar refractivity (Wildman–Crippen MR) is 255 cm³/mol. The third-order valence-electron chi connectivity index (χ3n) is 12.0. The first kappa shape index (κ1) is 57.3. The summed E-state index contributed by atoms with van der Waals surface area (Å²) in [6.07, 6.45) is 57.5. The molecule has 59 heavy (non-hydrogen) atoms. The highest BCUT2D eigenvalue weighted by Crippen LogP contribution is 2.16. The van der Waals surface area contributed by atoms with Crippen LogP contribution >= 0.6 is 0 Å². The molecule has 0 spiro atoms. The van der Waals surface area contributed by atoms with Gasteiger partial charge in [0.1, 0.15) is 0 Å². The number of ether oxygens (including phenoxy) is 1. The number of hydrogen-bond donors (Lipinski definition) is 3. The number of aliphatic hydroxyl groups excluding tert-OH is 2. The van der Waals surface area contributed by atoms with Gasteiger partial charge in [-0.3, -0.25) is 9.59 Å². The molecule has 2 unspecified atom stereocenters. The molecule has 3 N–H and O–H groups in total.